The molecular formula is C14H17ClO3. The molecule has 1 N–H and O–H groups in total. The van der Waals surface area contributed by atoms with Gasteiger partial charge in [0, 0.05) is 0 Å². The van der Waals surface area contributed by atoms with E-state index in [4.69, 9.17) is 21.4 Å². The van der Waals surface area contributed by atoms with Crippen LogP contribution in [0.3, 0.4) is 0 Å². The van der Waals surface area contributed by atoms with Crippen LogP contribution in [0.1, 0.15) is 48.9 Å². The zero-order valence-corrected chi connectivity index (χ0v) is 10.9. The van der Waals surface area contributed by atoms with Gasteiger partial charge < -0.3 is 9.84 Å². The summed E-state index contributed by atoms with van der Waals surface area (Å²) in [6.07, 6.45) is 7.23. The standard InChI is InChI=1S/C14H17ClO3/c15-12-9-10(14(16)17)7-8-13(12)18-11-5-3-1-2-4-6-11/h7-9,11H,1-6H2,(H,16,17). The Labute approximate surface area is 112 Å². The molecule has 98 valence electrons. The van der Waals surface area contributed by atoms with E-state index >= 15 is 0 Å². The summed E-state index contributed by atoms with van der Waals surface area (Å²) < 4.78 is 5.88. The van der Waals surface area contributed by atoms with Gasteiger partial charge in [-0.2, -0.15) is 0 Å². The number of hydrogen-bond donors (Lipinski definition) is 1. The van der Waals surface area contributed by atoms with Crippen molar-refractivity contribution in [3.8, 4) is 5.75 Å². The number of benzene rings is 1. The fraction of sp³-hybridized carbons (Fsp3) is 0.500. The van der Waals surface area contributed by atoms with E-state index in [9.17, 15) is 4.79 Å². The second kappa shape index (κ2) is 6.10. The van der Waals surface area contributed by atoms with Gasteiger partial charge in [-0.1, -0.05) is 24.4 Å². The van der Waals surface area contributed by atoms with Crippen molar-refractivity contribution in [2.24, 2.45) is 0 Å². The van der Waals surface area contributed by atoms with E-state index in [2.05, 4.69) is 0 Å². The molecule has 0 unspecified atom stereocenters. The maximum Gasteiger partial charge on any atom is 0.335 e. The summed E-state index contributed by atoms with van der Waals surface area (Å²) in [5.41, 5.74) is 0.188. The van der Waals surface area contributed by atoms with E-state index < -0.39 is 5.97 Å². The van der Waals surface area contributed by atoms with Crippen LogP contribution in [0.25, 0.3) is 0 Å². The summed E-state index contributed by atoms with van der Waals surface area (Å²) in [4.78, 5) is 10.8. The SMILES string of the molecule is O=C(O)c1ccc(OC2CCCCCC2)c(Cl)c1. The molecule has 18 heavy (non-hydrogen) atoms. The minimum absolute atomic E-state index is 0.188. The Kier molecular flexibility index (Phi) is 4.48. The molecule has 0 heterocycles. The van der Waals surface area contributed by atoms with Crippen molar-refractivity contribution >= 4 is 17.6 Å². The van der Waals surface area contributed by atoms with Crippen molar-refractivity contribution in [2.45, 2.75) is 44.6 Å². The highest BCUT2D eigenvalue weighted by molar-refractivity contribution is 6.32. The Morgan fingerprint density at radius 3 is 2.44 bits per heavy atom. The molecule has 1 aliphatic rings. The predicted molar refractivity (Wildman–Crippen MR) is 70.5 cm³/mol. The van der Waals surface area contributed by atoms with Gasteiger partial charge in [0.15, 0.2) is 0 Å². The molecule has 1 aromatic carbocycles. The lowest BCUT2D eigenvalue weighted by Gasteiger charge is -2.18. The lowest BCUT2D eigenvalue weighted by atomic mass is 10.1. The van der Waals surface area contributed by atoms with Crippen LogP contribution in [0.4, 0.5) is 0 Å². The van der Waals surface area contributed by atoms with Crippen molar-refractivity contribution in [2.75, 3.05) is 0 Å². The lowest BCUT2D eigenvalue weighted by molar-refractivity contribution is 0.0697. The molecular weight excluding hydrogens is 252 g/mol. The summed E-state index contributed by atoms with van der Waals surface area (Å²) in [5, 5.41) is 9.23. The van der Waals surface area contributed by atoms with Crippen LogP contribution in [0.5, 0.6) is 5.75 Å². The van der Waals surface area contributed by atoms with Crippen LogP contribution >= 0.6 is 11.6 Å². The van der Waals surface area contributed by atoms with Crippen LogP contribution in [-0.4, -0.2) is 17.2 Å². The molecule has 4 heteroatoms. The van der Waals surface area contributed by atoms with Gasteiger partial charge in [0.2, 0.25) is 0 Å². The van der Waals surface area contributed by atoms with Gasteiger partial charge >= 0.3 is 5.97 Å². The summed E-state index contributed by atoms with van der Waals surface area (Å²) in [5.74, 6) is -0.383. The van der Waals surface area contributed by atoms with E-state index in [1.807, 2.05) is 0 Å². The number of carboxylic acid groups (broad SMARTS) is 1. The zero-order chi connectivity index (χ0) is 13.0. The molecule has 0 amide bonds. The van der Waals surface area contributed by atoms with Gasteiger partial charge in [0.1, 0.15) is 5.75 Å². The van der Waals surface area contributed by atoms with E-state index in [0.717, 1.165) is 12.8 Å². The van der Waals surface area contributed by atoms with E-state index in [0.29, 0.717) is 10.8 Å². The molecule has 0 spiro atoms. The van der Waals surface area contributed by atoms with Crippen molar-refractivity contribution in [1.29, 1.82) is 0 Å². The second-order valence-corrected chi connectivity index (χ2v) is 5.09. The third-order valence-corrected chi connectivity index (χ3v) is 3.57. The zero-order valence-electron chi connectivity index (χ0n) is 10.2. The molecule has 0 aromatic heterocycles. The molecule has 3 nitrogen and oxygen atoms in total. The Morgan fingerprint density at radius 2 is 1.89 bits per heavy atom. The van der Waals surface area contributed by atoms with E-state index in [1.54, 1.807) is 6.07 Å². The maximum absolute atomic E-state index is 10.8. The number of ether oxygens (including phenoxy) is 1. The smallest absolute Gasteiger partial charge is 0.335 e. The van der Waals surface area contributed by atoms with Crippen molar-refractivity contribution in [3.63, 3.8) is 0 Å². The highest BCUT2D eigenvalue weighted by Crippen LogP contribution is 2.29. The highest BCUT2D eigenvalue weighted by Gasteiger charge is 2.16. The van der Waals surface area contributed by atoms with Crippen molar-refractivity contribution in [3.05, 3.63) is 28.8 Å². The Bertz CT molecular complexity index is 423. The van der Waals surface area contributed by atoms with Gasteiger partial charge in [-0.25, -0.2) is 4.79 Å². The van der Waals surface area contributed by atoms with Crippen molar-refractivity contribution in [1.82, 2.24) is 0 Å². The van der Waals surface area contributed by atoms with Gasteiger partial charge in [-0.3, -0.25) is 0 Å². The molecule has 1 aromatic rings. The molecule has 0 saturated heterocycles. The number of aromatic carboxylic acids is 1. The minimum Gasteiger partial charge on any atom is -0.489 e. The van der Waals surface area contributed by atoms with E-state index in [-0.39, 0.29) is 11.7 Å². The monoisotopic (exact) mass is 268 g/mol. The first-order valence-corrected chi connectivity index (χ1v) is 6.74. The number of rotatable bonds is 3. The Balaban J connectivity index is 2.06. The average molecular weight is 269 g/mol. The molecule has 1 aliphatic carbocycles. The normalized spacial score (nSPS) is 17.2. The number of hydrogen-bond acceptors (Lipinski definition) is 2. The first-order chi connectivity index (χ1) is 8.66. The van der Waals surface area contributed by atoms with Crippen LogP contribution < -0.4 is 4.74 Å². The first-order valence-electron chi connectivity index (χ1n) is 6.36. The molecule has 2 rings (SSSR count). The molecule has 0 atom stereocenters. The van der Waals surface area contributed by atoms with Gasteiger partial charge in [-0.05, 0) is 43.9 Å². The second-order valence-electron chi connectivity index (χ2n) is 4.68. The average Bonchev–Trinajstić information content (AvgIpc) is 2.60. The third kappa shape index (κ3) is 3.39. The largest absolute Gasteiger partial charge is 0.489 e. The first kappa shape index (κ1) is 13.2. The molecule has 0 radical (unpaired) electrons. The molecule has 1 saturated carbocycles. The summed E-state index contributed by atoms with van der Waals surface area (Å²) in [6.45, 7) is 0. The van der Waals surface area contributed by atoms with Crippen molar-refractivity contribution < 1.29 is 14.6 Å². The fourth-order valence-electron chi connectivity index (χ4n) is 2.27. The summed E-state index contributed by atoms with van der Waals surface area (Å²) in [7, 11) is 0. The fourth-order valence-corrected chi connectivity index (χ4v) is 2.49. The molecule has 1 fully saturated rings. The predicted octanol–water partition coefficient (Wildman–Crippen LogP) is 4.14. The van der Waals surface area contributed by atoms with Gasteiger partial charge in [0.05, 0.1) is 16.7 Å². The maximum atomic E-state index is 10.8. The van der Waals surface area contributed by atoms with Crippen LogP contribution in [0, 0.1) is 0 Å². The third-order valence-electron chi connectivity index (χ3n) is 3.27. The quantitative estimate of drug-likeness (QED) is 0.838. The Morgan fingerprint density at radius 1 is 1.22 bits per heavy atom. The van der Waals surface area contributed by atoms with Crippen LogP contribution in [0.15, 0.2) is 18.2 Å². The topological polar surface area (TPSA) is 46.5 Å². The molecule has 0 aliphatic heterocycles. The summed E-state index contributed by atoms with van der Waals surface area (Å²) >= 11 is 6.05. The minimum atomic E-state index is -0.974. The van der Waals surface area contributed by atoms with Gasteiger partial charge in [-0.15, -0.1) is 0 Å². The highest BCUT2D eigenvalue weighted by atomic mass is 35.5. The van der Waals surface area contributed by atoms with E-state index in [1.165, 1.54) is 37.8 Å². The lowest BCUT2D eigenvalue weighted by Crippen LogP contribution is -2.15. The Hall–Kier alpha value is -1.22. The van der Waals surface area contributed by atoms with Gasteiger partial charge in [0.25, 0.3) is 0 Å². The number of carbonyl (C=O) groups is 1. The van der Waals surface area contributed by atoms with Crippen LogP contribution in [-0.2, 0) is 0 Å². The number of halogens is 1. The summed E-state index contributed by atoms with van der Waals surface area (Å²) in [6, 6.07) is 4.62. The molecule has 0 bridgehead atoms. The van der Waals surface area contributed by atoms with Crippen LogP contribution in [0.2, 0.25) is 5.02 Å². The number of carboxylic acids is 1.